The van der Waals surface area contributed by atoms with Gasteiger partial charge in [-0.1, -0.05) is 79.5 Å². The summed E-state index contributed by atoms with van der Waals surface area (Å²) in [4.78, 5) is 0. The third-order valence-electron chi connectivity index (χ3n) is 5.29. The van der Waals surface area contributed by atoms with Crippen molar-refractivity contribution in [2.24, 2.45) is 0 Å². The molecule has 0 aliphatic heterocycles. The van der Waals surface area contributed by atoms with E-state index < -0.39 is 5.82 Å². The summed E-state index contributed by atoms with van der Waals surface area (Å²) in [5.74, 6) is -0.910. The van der Waals surface area contributed by atoms with Crippen molar-refractivity contribution in [3.05, 3.63) is 95.0 Å². The van der Waals surface area contributed by atoms with E-state index in [2.05, 4.69) is 31.2 Å². The number of benzene rings is 4. The summed E-state index contributed by atoms with van der Waals surface area (Å²) in [6.45, 7) is 2.19. The maximum absolute atomic E-state index is 15.1. The van der Waals surface area contributed by atoms with Crippen LogP contribution in [0.5, 0.6) is 0 Å². The van der Waals surface area contributed by atoms with Crippen molar-refractivity contribution in [1.29, 1.82) is 0 Å². The van der Waals surface area contributed by atoms with Crippen LogP contribution in [-0.4, -0.2) is 0 Å². The van der Waals surface area contributed by atoms with Crippen molar-refractivity contribution in [1.82, 2.24) is 0 Å². The molecule has 0 N–H and O–H groups in total. The maximum atomic E-state index is 15.1. The largest absolute Gasteiger partial charge is 0.206 e. The number of aryl methyl sites for hydroxylation is 1. The number of unbranched alkanes of at least 4 members (excludes halogenated alkanes) is 1. The van der Waals surface area contributed by atoms with Crippen molar-refractivity contribution in [3.8, 4) is 22.3 Å². The minimum absolute atomic E-state index is 0.0281. The maximum Gasteiger partial charge on any atom is 0.142 e. The highest BCUT2D eigenvalue weighted by Gasteiger charge is 2.12. The second kappa shape index (κ2) is 8.34. The van der Waals surface area contributed by atoms with Crippen LogP contribution in [0.1, 0.15) is 25.3 Å². The zero-order valence-corrected chi connectivity index (χ0v) is 16.9. The van der Waals surface area contributed by atoms with E-state index >= 15 is 4.39 Å². The van der Waals surface area contributed by atoms with Gasteiger partial charge in [-0.2, -0.15) is 0 Å². The minimum atomic E-state index is -0.554. The van der Waals surface area contributed by atoms with Gasteiger partial charge in [0, 0.05) is 10.9 Å². The molecule has 0 bridgehead atoms. The molecule has 0 unspecified atom stereocenters. The highest BCUT2D eigenvalue weighted by molar-refractivity contribution is 6.30. The Morgan fingerprint density at radius 1 is 0.759 bits per heavy atom. The second-order valence-corrected chi connectivity index (χ2v) is 7.70. The Kier molecular flexibility index (Phi) is 5.64. The zero-order valence-electron chi connectivity index (χ0n) is 16.2. The van der Waals surface area contributed by atoms with Gasteiger partial charge in [0.05, 0.1) is 5.02 Å². The van der Waals surface area contributed by atoms with Gasteiger partial charge >= 0.3 is 0 Å². The van der Waals surface area contributed by atoms with Crippen LogP contribution >= 0.6 is 11.6 Å². The number of halogens is 3. The van der Waals surface area contributed by atoms with E-state index in [1.54, 1.807) is 18.2 Å². The predicted molar refractivity (Wildman–Crippen MR) is 118 cm³/mol. The molecule has 4 aromatic rings. The molecule has 0 aromatic heterocycles. The molecule has 0 spiro atoms. The summed E-state index contributed by atoms with van der Waals surface area (Å²) in [5, 5.41) is 1.36. The fourth-order valence-electron chi connectivity index (χ4n) is 3.60. The summed E-state index contributed by atoms with van der Waals surface area (Å²) in [6, 6.07) is 22.2. The molecule has 0 amide bonds. The molecule has 3 heteroatoms. The van der Waals surface area contributed by atoms with Gasteiger partial charge in [-0.3, -0.25) is 0 Å². The van der Waals surface area contributed by atoms with Crippen LogP contribution in [0.25, 0.3) is 33.0 Å². The molecule has 4 aromatic carbocycles. The Labute approximate surface area is 174 Å². The summed E-state index contributed by atoms with van der Waals surface area (Å²) >= 11 is 5.74. The molecule has 0 saturated heterocycles. The Morgan fingerprint density at radius 3 is 2.21 bits per heavy atom. The standard InChI is InChI=1S/C26H21ClF2/c1-2-3-4-17-5-7-18(8-6-17)19-9-12-22-20(15-19)10-13-23(26(22)29)21-11-14-24(27)25(28)16-21/h5-16H,2-4H2,1H3. The molecule has 0 fully saturated rings. The molecular weight excluding hydrogens is 386 g/mol. The Hall–Kier alpha value is -2.71. The fraction of sp³-hybridized carbons (Fsp3) is 0.154. The van der Waals surface area contributed by atoms with Crippen LogP contribution < -0.4 is 0 Å². The van der Waals surface area contributed by atoms with E-state index in [4.69, 9.17) is 11.6 Å². The van der Waals surface area contributed by atoms with E-state index in [1.807, 2.05) is 18.2 Å². The number of hydrogen-bond donors (Lipinski definition) is 0. The fourth-order valence-corrected chi connectivity index (χ4v) is 3.72. The first-order valence-corrected chi connectivity index (χ1v) is 10.2. The van der Waals surface area contributed by atoms with Gasteiger partial charge in [-0.25, -0.2) is 8.78 Å². The summed E-state index contributed by atoms with van der Waals surface area (Å²) in [5.41, 5.74) is 4.32. The number of fused-ring (bicyclic) bond motifs is 1. The van der Waals surface area contributed by atoms with Crippen molar-refractivity contribution >= 4 is 22.4 Å². The van der Waals surface area contributed by atoms with Crippen molar-refractivity contribution in [2.45, 2.75) is 26.2 Å². The lowest BCUT2D eigenvalue weighted by Gasteiger charge is -2.10. The van der Waals surface area contributed by atoms with Gasteiger partial charge < -0.3 is 0 Å². The van der Waals surface area contributed by atoms with Crippen molar-refractivity contribution < 1.29 is 8.78 Å². The Balaban J connectivity index is 1.69. The average Bonchev–Trinajstić information content (AvgIpc) is 2.75. The van der Waals surface area contributed by atoms with Gasteiger partial charge in [-0.15, -0.1) is 0 Å². The van der Waals surface area contributed by atoms with E-state index in [0.717, 1.165) is 22.9 Å². The molecule has 0 atom stereocenters. The van der Waals surface area contributed by atoms with Crippen molar-refractivity contribution in [3.63, 3.8) is 0 Å². The molecule has 0 aliphatic rings. The Bertz CT molecular complexity index is 1160. The first-order valence-electron chi connectivity index (χ1n) is 9.84. The van der Waals surface area contributed by atoms with E-state index in [9.17, 15) is 4.39 Å². The quantitative estimate of drug-likeness (QED) is 0.312. The molecule has 0 aliphatic carbocycles. The smallest absolute Gasteiger partial charge is 0.142 e. The molecule has 29 heavy (non-hydrogen) atoms. The Morgan fingerprint density at radius 2 is 1.48 bits per heavy atom. The van der Waals surface area contributed by atoms with Gasteiger partial charge in [-0.05, 0) is 58.7 Å². The highest BCUT2D eigenvalue weighted by Crippen LogP contribution is 2.33. The van der Waals surface area contributed by atoms with Gasteiger partial charge in [0.25, 0.3) is 0 Å². The first kappa shape index (κ1) is 19.6. The lowest BCUT2D eigenvalue weighted by Crippen LogP contribution is -1.89. The number of rotatable bonds is 5. The van der Waals surface area contributed by atoms with Gasteiger partial charge in [0.15, 0.2) is 0 Å². The van der Waals surface area contributed by atoms with E-state index in [0.29, 0.717) is 16.5 Å². The van der Waals surface area contributed by atoms with Crippen LogP contribution in [0.15, 0.2) is 72.8 Å². The molecule has 0 nitrogen and oxygen atoms in total. The third kappa shape index (κ3) is 4.04. The topological polar surface area (TPSA) is 0 Å². The first-order chi connectivity index (χ1) is 14.1. The normalized spacial score (nSPS) is 11.2. The lowest BCUT2D eigenvalue weighted by atomic mass is 9.96. The summed E-state index contributed by atoms with van der Waals surface area (Å²) in [6.07, 6.45) is 3.46. The minimum Gasteiger partial charge on any atom is -0.206 e. The predicted octanol–water partition coefficient (Wildman–Crippen LogP) is 8.45. The second-order valence-electron chi connectivity index (χ2n) is 7.29. The third-order valence-corrected chi connectivity index (χ3v) is 5.60. The molecule has 0 saturated carbocycles. The molecular formula is C26H21ClF2. The summed E-state index contributed by atoms with van der Waals surface area (Å²) in [7, 11) is 0. The van der Waals surface area contributed by atoms with Crippen LogP contribution in [-0.2, 0) is 6.42 Å². The average molecular weight is 407 g/mol. The lowest BCUT2D eigenvalue weighted by molar-refractivity contribution is 0.627. The SMILES string of the molecule is CCCCc1ccc(-c2ccc3c(F)c(-c4ccc(Cl)c(F)c4)ccc3c2)cc1. The van der Waals surface area contributed by atoms with Gasteiger partial charge in [0.2, 0.25) is 0 Å². The zero-order chi connectivity index (χ0) is 20.4. The number of hydrogen-bond acceptors (Lipinski definition) is 0. The van der Waals surface area contributed by atoms with E-state index in [1.165, 1.54) is 30.5 Å². The van der Waals surface area contributed by atoms with Crippen LogP contribution in [0.4, 0.5) is 8.78 Å². The monoisotopic (exact) mass is 406 g/mol. The van der Waals surface area contributed by atoms with E-state index in [-0.39, 0.29) is 10.8 Å². The van der Waals surface area contributed by atoms with Crippen LogP contribution in [0.3, 0.4) is 0 Å². The molecule has 4 rings (SSSR count). The molecule has 146 valence electrons. The highest BCUT2D eigenvalue weighted by atomic mass is 35.5. The van der Waals surface area contributed by atoms with Gasteiger partial charge in [0.1, 0.15) is 11.6 Å². The van der Waals surface area contributed by atoms with Crippen LogP contribution in [0.2, 0.25) is 5.02 Å². The van der Waals surface area contributed by atoms with Crippen molar-refractivity contribution in [2.75, 3.05) is 0 Å². The van der Waals surface area contributed by atoms with Crippen LogP contribution in [0, 0.1) is 11.6 Å². The summed E-state index contributed by atoms with van der Waals surface area (Å²) < 4.78 is 28.9. The molecule has 0 radical (unpaired) electrons. The molecule has 0 heterocycles.